The van der Waals surface area contributed by atoms with Gasteiger partial charge in [0.05, 0.1) is 16.2 Å². The average molecular weight is 301 g/mol. The molecule has 0 amide bonds. The molecule has 0 fully saturated rings. The smallest absolute Gasteiger partial charge is 0.336 e. The number of carbonyl (C=O) groups excluding carboxylic acids is 1. The zero-order valence-electron chi connectivity index (χ0n) is 12.4. The van der Waals surface area contributed by atoms with E-state index in [1.165, 1.54) is 12.1 Å². The highest BCUT2D eigenvalue weighted by Crippen LogP contribution is 2.22. The molecular formula is C15H15N3O4. The van der Waals surface area contributed by atoms with Crippen molar-refractivity contribution >= 4 is 17.7 Å². The summed E-state index contributed by atoms with van der Waals surface area (Å²) in [5.41, 5.74) is 1.60. The molecule has 0 unspecified atom stereocenters. The Kier molecular flexibility index (Phi) is 4.36. The minimum atomic E-state index is -0.614. The summed E-state index contributed by atoms with van der Waals surface area (Å²) in [7, 11) is 1.75. The van der Waals surface area contributed by atoms with Gasteiger partial charge in [-0.05, 0) is 26.0 Å². The molecule has 2 rings (SSSR count). The maximum Gasteiger partial charge on any atom is 0.336 e. The number of para-hydroxylation sites is 1. The highest BCUT2D eigenvalue weighted by Gasteiger charge is 2.14. The van der Waals surface area contributed by atoms with Crippen LogP contribution in [0.3, 0.4) is 0 Å². The van der Waals surface area contributed by atoms with Gasteiger partial charge >= 0.3 is 5.97 Å². The normalized spacial score (nSPS) is 10.9. The number of nitro benzene ring substituents is 1. The first kappa shape index (κ1) is 15.4. The summed E-state index contributed by atoms with van der Waals surface area (Å²) < 4.78 is 6.85. The van der Waals surface area contributed by atoms with E-state index in [0.29, 0.717) is 17.0 Å². The Bertz CT molecular complexity index is 762. The molecule has 1 aromatic carbocycles. The van der Waals surface area contributed by atoms with E-state index >= 15 is 0 Å². The number of rotatable bonds is 4. The number of esters is 1. The first-order valence-electron chi connectivity index (χ1n) is 6.53. The van der Waals surface area contributed by atoms with E-state index in [0.717, 1.165) is 11.8 Å². The molecule has 0 aliphatic carbocycles. The van der Waals surface area contributed by atoms with Crippen molar-refractivity contribution in [1.29, 1.82) is 0 Å². The fraction of sp³-hybridized carbons (Fsp3) is 0.200. The van der Waals surface area contributed by atoms with Crippen LogP contribution in [0.5, 0.6) is 5.75 Å². The highest BCUT2D eigenvalue weighted by atomic mass is 16.6. The maximum atomic E-state index is 11.9. The molecule has 0 saturated heterocycles. The van der Waals surface area contributed by atoms with E-state index in [1.807, 2.05) is 0 Å². The molecule has 0 aliphatic rings. The third-order valence-corrected chi connectivity index (χ3v) is 3.18. The summed E-state index contributed by atoms with van der Waals surface area (Å²) in [4.78, 5) is 22.3. The lowest BCUT2D eigenvalue weighted by atomic mass is 10.1. The van der Waals surface area contributed by atoms with Crippen LogP contribution in [0.25, 0.3) is 6.08 Å². The van der Waals surface area contributed by atoms with Gasteiger partial charge in [0.1, 0.15) is 5.69 Å². The molecule has 0 aliphatic heterocycles. The molecule has 0 spiro atoms. The maximum absolute atomic E-state index is 11.9. The second-order valence-corrected chi connectivity index (χ2v) is 4.69. The van der Waals surface area contributed by atoms with Crippen molar-refractivity contribution < 1.29 is 14.5 Å². The van der Waals surface area contributed by atoms with Crippen LogP contribution < -0.4 is 4.74 Å². The molecule has 0 bridgehead atoms. The average Bonchev–Trinajstić information content (AvgIpc) is 2.72. The lowest BCUT2D eigenvalue weighted by molar-refractivity contribution is -0.385. The lowest BCUT2D eigenvalue weighted by Crippen LogP contribution is -2.05. The number of nitrogens with zero attached hydrogens (tertiary/aromatic N) is 3. The van der Waals surface area contributed by atoms with Crippen LogP contribution in [0.1, 0.15) is 17.0 Å². The van der Waals surface area contributed by atoms with Gasteiger partial charge < -0.3 is 4.74 Å². The summed E-state index contributed by atoms with van der Waals surface area (Å²) in [6.07, 6.45) is 2.52. The molecule has 0 radical (unpaired) electrons. The molecule has 7 nitrogen and oxygen atoms in total. The van der Waals surface area contributed by atoms with Crippen LogP contribution in [0.2, 0.25) is 0 Å². The number of nitro groups is 1. The number of ether oxygens (including phenoxy) is 1. The Morgan fingerprint density at radius 1 is 1.36 bits per heavy atom. The SMILES string of the molecule is Cc1nn(C)c(C)c1OC(=O)/C=C/c1ccccc1[N+](=O)[O-]. The van der Waals surface area contributed by atoms with Crippen molar-refractivity contribution in [2.24, 2.45) is 7.05 Å². The van der Waals surface area contributed by atoms with Gasteiger partial charge in [0.15, 0.2) is 5.75 Å². The van der Waals surface area contributed by atoms with Gasteiger partial charge in [-0.3, -0.25) is 14.8 Å². The van der Waals surface area contributed by atoms with Gasteiger partial charge in [-0.25, -0.2) is 4.79 Å². The standard InChI is InChI=1S/C15H15N3O4/c1-10-15(11(2)17(3)16-10)22-14(19)9-8-12-6-4-5-7-13(12)18(20)21/h4-9H,1-3H3/b9-8+. The molecular weight excluding hydrogens is 286 g/mol. The topological polar surface area (TPSA) is 87.3 Å². The fourth-order valence-corrected chi connectivity index (χ4v) is 1.99. The third-order valence-electron chi connectivity index (χ3n) is 3.18. The number of aryl methyl sites for hydroxylation is 2. The highest BCUT2D eigenvalue weighted by molar-refractivity contribution is 5.89. The first-order chi connectivity index (χ1) is 10.4. The Morgan fingerprint density at radius 3 is 2.64 bits per heavy atom. The lowest BCUT2D eigenvalue weighted by Gasteiger charge is -2.01. The minimum Gasteiger partial charge on any atom is -0.419 e. The van der Waals surface area contributed by atoms with Gasteiger partial charge in [0.2, 0.25) is 0 Å². The van der Waals surface area contributed by atoms with Crippen LogP contribution in [-0.4, -0.2) is 20.7 Å². The predicted octanol–water partition coefficient (Wildman–Crippen LogP) is 2.56. The quantitative estimate of drug-likeness (QED) is 0.375. The van der Waals surface area contributed by atoms with Crippen molar-refractivity contribution in [2.45, 2.75) is 13.8 Å². The summed E-state index contributed by atoms with van der Waals surface area (Å²) in [6, 6.07) is 6.16. The molecule has 2 aromatic rings. The summed E-state index contributed by atoms with van der Waals surface area (Å²) >= 11 is 0. The zero-order valence-corrected chi connectivity index (χ0v) is 12.4. The van der Waals surface area contributed by atoms with E-state index in [-0.39, 0.29) is 5.69 Å². The zero-order chi connectivity index (χ0) is 16.3. The van der Waals surface area contributed by atoms with Crippen molar-refractivity contribution in [2.75, 3.05) is 0 Å². The minimum absolute atomic E-state index is 0.0692. The van der Waals surface area contributed by atoms with Crippen LogP contribution >= 0.6 is 0 Å². The van der Waals surface area contributed by atoms with Crippen LogP contribution in [0, 0.1) is 24.0 Å². The van der Waals surface area contributed by atoms with Crippen LogP contribution in [0.4, 0.5) is 5.69 Å². The fourth-order valence-electron chi connectivity index (χ4n) is 1.99. The van der Waals surface area contributed by atoms with Gasteiger partial charge in [-0.2, -0.15) is 5.10 Å². The number of aromatic nitrogens is 2. The van der Waals surface area contributed by atoms with Gasteiger partial charge in [0.25, 0.3) is 5.69 Å². The van der Waals surface area contributed by atoms with Gasteiger partial charge in [0, 0.05) is 19.2 Å². The van der Waals surface area contributed by atoms with Crippen molar-refractivity contribution in [3.05, 3.63) is 57.4 Å². The van der Waals surface area contributed by atoms with E-state index in [1.54, 1.807) is 43.8 Å². The summed E-state index contributed by atoms with van der Waals surface area (Å²) in [6.45, 7) is 3.52. The number of hydrogen-bond donors (Lipinski definition) is 0. The summed E-state index contributed by atoms with van der Waals surface area (Å²) in [5, 5.41) is 15.0. The largest absolute Gasteiger partial charge is 0.419 e. The van der Waals surface area contributed by atoms with E-state index in [4.69, 9.17) is 4.74 Å². The van der Waals surface area contributed by atoms with Crippen molar-refractivity contribution in [1.82, 2.24) is 9.78 Å². The molecule has 0 saturated carbocycles. The molecule has 1 heterocycles. The second-order valence-electron chi connectivity index (χ2n) is 4.69. The Balaban J connectivity index is 2.17. The number of hydrogen-bond acceptors (Lipinski definition) is 5. The van der Waals surface area contributed by atoms with Gasteiger partial charge in [-0.15, -0.1) is 0 Å². The Labute approximate surface area is 127 Å². The first-order valence-corrected chi connectivity index (χ1v) is 6.53. The number of benzene rings is 1. The van der Waals surface area contributed by atoms with E-state index in [2.05, 4.69) is 5.10 Å². The predicted molar refractivity (Wildman–Crippen MR) is 80.4 cm³/mol. The molecule has 0 atom stereocenters. The van der Waals surface area contributed by atoms with Crippen LogP contribution in [0.15, 0.2) is 30.3 Å². The molecule has 114 valence electrons. The summed E-state index contributed by atoms with van der Waals surface area (Å²) in [5.74, 6) is -0.211. The monoisotopic (exact) mass is 301 g/mol. The molecule has 1 aromatic heterocycles. The van der Waals surface area contributed by atoms with Crippen LogP contribution in [-0.2, 0) is 11.8 Å². The Morgan fingerprint density at radius 2 is 2.05 bits per heavy atom. The van der Waals surface area contributed by atoms with E-state index < -0.39 is 10.9 Å². The van der Waals surface area contributed by atoms with Gasteiger partial charge in [-0.1, -0.05) is 12.1 Å². The number of carbonyl (C=O) groups is 1. The third kappa shape index (κ3) is 3.20. The molecule has 22 heavy (non-hydrogen) atoms. The van der Waals surface area contributed by atoms with E-state index in [9.17, 15) is 14.9 Å². The second kappa shape index (κ2) is 6.21. The molecule has 7 heteroatoms. The Hall–Kier alpha value is -2.96. The van der Waals surface area contributed by atoms with Crippen molar-refractivity contribution in [3.8, 4) is 5.75 Å². The molecule has 0 N–H and O–H groups in total. The van der Waals surface area contributed by atoms with Crippen molar-refractivity contribution in [3.63, 3.8) is 0 Å².